The number of hydrogen-bond acceptors (Lipinski definition) is 4. The summed E-state index contributed by atoms with van der Waals surface area (Å²) in [5.41, 5.74) is 3.23. The summed E-state index contributed by atoms with van der Waals surface area (Å²) in [6.45, 7) is 2.97. The van der Waals surface area contributed by atoms with Gasteiger partial charge in [-0.05, 0) is 31.7 Å². The second kappa shape index (κ2) is 5.07. The standard InChI is InChI=1S/C15H15N3S/c1-10-7-14(15-17-9-11(19-15)8-16-2)18-13-6-4-3-5-12(10)13/h3-7,9,16H,8H2,1-2H3. The number of pyridine rings is 1. The fourth-order valence-electron chi connectivity index (χ4n) is 2.14. The van der Waals surface area contributed by atoms with Crippen LogP contribution in [0.1, 0.15) is 10.4 Å². The van der Waals surface area contributed by atoms with E-state index in [4.69, 9.17) is 4.98 Å². The molecule has 19 heavy (non-hydrogen) atoms. The van der Waals surface area contributed by atoms with Crippen LogP contribution < -0.4 is 5.32 Å². The molecule has 0 aliphatic carbocycles. The molecule has 0 amide bonds. The first-order valence-corrected chi connectivity index (χ1v) is 7.05. The molecular weight excluding hydrogens is 254 g/mol. The van der Waals surface area contributed by atoms with Gasteiger partial charge in [0.15, 0.2) is 0 Å². The molecule has 3 aromatic rings. The van der Waals surface area contributed by atoms with Crippen molar-refractivity contribution in [3.63, 3.8) is 0 Å². The molecule has 0 spiro atoms. The Labute approximate surface area is 116 Å². The molecule has 0 aliphatic rings. The molecule has 4 heteroatoms. The molecule has 2 heterocycles. The lowest BCUT2D eigenvalue weighted by atomic mass is 10.1. The van der Waals surface area contributed by atoms with Crippen LogP contribution in [0, 0.1) is 6.92 Å². The highest BCUT2D eigenvalue weighted by Crippen LogP contribution is 2.27. The Morgan fingerprint density at radius 1 is 1.26 bits per heavy atom. The molecule has 0 saturated heterocycles. The van der Waals surface area contributed by atoms with Gasteiger partial charge in [-0.15, -0.1) is 11.3 Å². The van der Waals surface area contributed by atoms with Gasteiger partial charge in [-0.1, -0.05) is 18.2 Å². The van der Waals surface area contributed by atoms with Crippen LogP contribution in [0.15, 0.2) is 36.5 Å². The molecule has 3 rings (SSSR count). The molecule has 96 valence electrons. The van der Waals surface area contributed by atoms with E-state index in [-0.39, 0.29) is 0 Å². The summed E-state index contributed by atoms with van der Waals surface area (Å²) >= 11 is 1.69. The number of nitrogens with zero attached hydrogens (tertiary/aromatic N) is 2. The van der Waals surface area contributed by atoms with Gasteiger partial charge in [-0.3, -0.25) is 0 Å². The van der Waals surface area contributed by atoms with Crippen molar-refractivity contribution < 1.29 is 0 Å². The first-order valence-electron chi connectivity index (χ1n) is 6.24. The molecule has 0 fully saturated rings. The molecule has 0 saturated carbocycles. The average Bonchev–Trinajstić information content (AvgIpc) is 2.88. The summed E-state index contributed by atoms with van der Waals surface area (Å²) < 4.78 is 0. The minimum absolute atomic E-state index is 0.851. The van der Waals surface area contributed by atoms with Crippen LogP contribution >= 0.6 is 11.3 Å². The number of rotatable bonds is 3. The van der Waals surface area contributed by atoms with Gasteiger partial charge in [0.1, 0.15) is 5.01 Å². The molecular formula is C15H15N3S. The molecule has 3 nitrogen and oxygen atoms in total. The predicted molar refractivity (Wildman–Crippen MR) is 80.4 cm³/mol. The van der Waals surface area contributed by atoms with Crippen molar-refractivity contribution in [1.82, 2.24) is 15.3 Å². The number of aryl methyl sites for hydroxylation is 1. The van der Waals surface area contributed by atoms with E-state index in [1.165, 1.54) is 15.8 Å². The molecule has 0 aliphatic heterocycles. The number of aromatic nitrogens is 2. The van der Waals surface area contributed by atoms with Crippen LogP contribution in [0.4, 0.5) is 0 Å². The van der Waals surface area contributed by atoms with Gasteiger partial charge in [0.2, 0.25) is 0 Å². The Kier molecular flexibility index (Phi) is 3.27. The Bertz CT molecular complexity index is 718. The summed E-state index contributed by atoms with van der Waals surface area (Å²) in [7, 11) is 1.94. The van der Waals surface area contributed by atoms with Crippen molar-refractivity contribution >= 4 is 22.2 Å². The van der Waals surface area contributed by atoms with E-state index in [9.17, 15) is 0 Å². The fraction of sp³-hybridized carbons (Fsp3) is 0.200. The second-order valence-electron chi connectivity index (χ2n) is 4.50. The first-order chi connectivity index (χ1) is 9.28. The Morgan fingerprint density at radius 2 is 2.11 bits per heavy atom. The van der Waals surface area contributed by atoms with Gasteiger partial charge in [0, 0.05) is 23.0 Å². The van der Waals surface area contributed by atoms with Gasteiger partial charge in [0.25, 0.3) is 0 Å². The zero-order chi connectivity index (χ0) is 13.2. The van der Waals surface area contributed by atoms with Crippen molar-refractivity contribution in [3.8, 4) is 10.7 Å². The van der Waals surface area contributed by atoms with E-state index < -0.39 is 0 Å². The maximum atomic E-state index is 4.71. The zero-order valence-corrected chi connectivity index (χ0v) is 11.8. The maximum absolute atomic E-state index is 4.71. The third kappa shape index (κ3) is 2.37. The monoisotopic (exact) mass is 269 g/mol. The minimum Gasteiger partial charge on any atom is -0.315 e. The lowest BCUT2D eigenvalue weighted by Crippen LogP contribution is -2.02. The fourth-order valence-corrected chi connectivity index (χ4v) is 3.03. The predicted octanol–water partition coefficient (Wildman–Crippen LogP) is 3.39. The van der Waals surface area contributed by atoms with E-state index in [1.54, 1.807) is 11.3 Å². The highest BCUT2D eigenvalue weighted by atomic mass is 32.1. The normalized spacial score (nSPS) is 11.1. The lowest BCUT2D eigenvalue weighted by Gasteiger charge is -2.04. The molecule has 2 aromatic heterocycles. The van der Waals surface area contributed by atoms with Crippen LogP contribution in [0.25, 0.3) is 21.6 Å². The molecule has 1 aromatic carbocycles. The minimum atomic E-state index is 0.851. The average molecular weight is 269 g/mol. The topological polar surface area (TPSA) is 37.8 Å². The van der Waals surface area contributed by atoms with E-state index in [2.05, 4.69) is 29.4 Å². The Hall–Kier alpha value is -1.78. The van der Waals surface area contributed by atoms with Crippen molar-refractivity contribution in [3.05, 3.63) is 47.0 Å². The van der Waals surface area contributed by atoms with Crippen LogP contribution in [0.2, 0.25) is 0 Å². The molecule has 0 radical (unpaired) electrons. The van der Waals surface area contributed by atoms with Crippen molar-refractivity contribution in [1.29, 1.82) is 0 Å². The highest BCUT2D eigenvalue weighted by molar-refractivity contribution is 7.15. The number of thiazole rings is 1. The Morgan fingerprint density at radius 3 is 2.95 bits per heavy atom. The number of benzene rings is 1. The lowest BCUT2D eigenvalue weighted by molar-refractivity contribution is 0.829. The summed E-state index contributed by atoms with van der Waals surface area (Å²) in [6.07, 6.45) is 1.92. The maximum Gasteiger partial charge on any atom is 0.142 e. The Balaban J connectivity index is 2.09. The van der Waals surface area contributed by atoms with E-state index in [0.717, 1.165) is 22.8 Å². The number of nitrogens with one attached hydrogen (secondary N) is 1. The number of para-hydroxylation sites is 1. The summed E-state index contributed by atoms with van der Waals surface area (Å²) in [5, 5.41) is 5.33. The van der Waals surface area contributed by atoms with Crippen molar-refractivity contribution in [2.24, 2.45) is 0 Å². The van der Waals surface area contributed by atoms with Crippen molar-refractivity contribution in [2.45, 2.75) is 13.5 Å². The van der Waals surface area contributed by atoms with E-state index >= 15 is 0 Å². The number of fused-ring (bicyclic) bond motifs is 1. The van der Waals surface area contributed by atoms with Crippen molar-refractivity contribution in [2.75, 3.05) is 7.05 Å². The molecule has 0 bridgehead atoms. The third-order valence-corrected chi connectivity index (χ3v) is 4.07. The highest BCUT2D eigenvalue weighted by Gasteiger charge is 2.08. The van der Waals surface area contributed by atoms with Crippen LogP contribution in [0.3, 0.4) is 0 Å². The smallest absolute Gasteiger partial charge is 0.142 e. The summed E-state index contributed by atoms with van der Waals surface area (Å²) in [5.74, 6) is 0. The van der Waals surface area contributed by atoms with Gasteiger partial charge >= 0.3 is 0 Å². The third-order valence-electron chi connectivity index (χ3n) is 3.05. The molecule has 0 unspecified atom stereocenters. The van der Waals surface area contributed by atoms with Crippen LogP contribution in [-0.2, 0) is 6.54 Å². The van der Waals surface area contributed by atoms with Gasteiger partial charge < -0.3 is 5.32 Å². The molecule has 0 atom stereocenters. The summed E-state index contributed by atoms with van der Waals surface area (Å²) in [6, 6.07) is 10.3. The van der Waals surface area contributed by atoms with E-state index in [0.29, 0.717) is 0 Å². The van der Waals surface area contributed by atoms with Gasteiger partial charge in [-0.25, -0.2) is 9.97 Å². The van der Waals surface area contributed by atoms with E-state index in [1.807, 2.05) is 31.4 Å². The number of hydrogen-bond donors (Lipinski definition) is 1. The zero-order valence-electron chi connectivity index (χ0n) is 11.0. The summed E-state index contributed by atoms with van der Waals surface area (Å²) in [4.78, 5) is 10.4. The van der Waals surface area contributed by atoms with Gasteiger partial charge in [0.05, 0.1) is 11.2 Å². The largest absolute Gasteiger partial charge is 0.315 e. The molecule has 1 N–H and O–H groups in total. The van der Waals surface area contributed by atoms with Gasteiger partial charge in [-0.2, -0.15) is 0 Å². The second-order valence-corrected chi connectivity index (χ2v) is 5.62. The van der Waals surface area contributed by atoms with Crippen LogP contribution in [0.5, 0.6) is 0 Å². The quantitative estimate of drug-likeness (QED) is 0.792. The SMILES string of the molecule is CNCc1cnc(-c2cc(C)c3ccccc3n2)s1. The first kappa shape index (κ1) is 12.3. The van der Waals surface area contributed by atoms with Crippen LogP contribution in [-0.4, -0.2) is 17.0 Å².